The summed E-state index contributed by atoms with van der Waals surface area (Å²) in [7, 11) is -3.54. The highest BCUT2D eigenvalue weighted by Gasteiger charge is 2.22. The number of hydrogen-bond donors (Lipinski definition) is 0. The second-order valence-corrected chi connectivity index (χ2v) is 3.97. The SMILES string of the molecule is O=S1(=O)CC(F)CCCO1. The van der Waals surface area contributed by atoms with Crippen molar-refractivity contribution in [2.75, 3.05) is 12.4 Å². The van der Waals surface area contributed by atoms with Gasteiger partial charge in [0.25, 0.3) is 10.1 Å². The molecule has 0 aliphatic carbocycles. The zero-order chi connectivity index (χ0) is 7.61. The highest BCUT2D eigenvalue weighted by molar-refractivity contribution is 7.86. The van der Waals surface area contributed by atoms with E-state index in [1.165, 1.54) is 0 Å². The van der Waals surface area contributed by atoms with Crippen molar-refractivity contribution in [1.29, 1.82) is 0 Å². The third kappa shape index (κ3) is 2.22. The second kappa shape index (κ2) is 2.84. The number of hydrogen-bond acceptors (Lipinski definition) is 3. The Balaban J connectivity index is 2.64. The first-order valence-electron chi connectivity index (χ1n) is 3.11. The summed E-state index contributed by atoms with van der Waals surface area (Å²) in [5, 5.41) is 0. The highest BCUT2D eigenvalue weighted by Crippen LogP contribution is 2.12. The van der Waals surface area contributed by atoms with Crippen LogP contribution in [0.5, 0.6) is 0 Å². The first-order valence-corrected chi connectivity index (χ1v) is 4.69. The summed E-state index contributed by atoms with van der Waals surface area (Å²) in [5.41, 5.74) is 0. The van der Waals surface area contributed by atoms with E-state index in [-0.39, 0.29) is 6.61 Å². The molecule has 1 fully saturated rings. The molecule has 0 amide bonds. The van der Waals surface area contributed by atoms with E-state index < -0.39 is 22.0 Å². The van der Waals surface area contributed by atoms with Gasteiger partial charge >= 0.3 is 0 Å². The van der Waals surface area contributed by atoms with E-state index in [1.807, 2.05) is 0 Å². The van der Waals surface area contributed by atoms with Crippen molar-refractivity contribution in [3.05, 3.63) is 0 Å². The summed E-state index contributed by atoms with van der Waals surface area (Å²) < 4.78 is 38.1. The van der Waals surface area contributed by atoms with Crippen LogP contribution in [0.2, 0.25) is 0 Å². The molecule has 0 bridgehead atoms. The molecule has 0 radical (unpaired) electrons. The third-order valence-electron chi connectivity index (χ3n) is 1.31. The molecular weight excluding hydrogens is 159 g/mol. The van der Waals surface area contributed by atoms with Crippen LogP contribution in [-0.4, -0.2) is 26.9 Å². The maximum Gasteiger partial charge on any atom is 0.270 e. The van der Waals surface area contributed by atoms with E-state index in [0.29, 0.717) is 12.8 Å². The van der Waals surface area contributed by atoms with E-state index in [1.54, 1.807) is 0 Å². The van der Waals surface area contributed by atoms with Crippen molar-refractivity contribution >= 4 is 10.1 Å². The summed E-state index contributed by atoms with van der Waals surface area (Å²) in [6.45, 7) is 0.128. The smallest absolute Gasteiger partial charge is 0.270 e. The molecular formula is C5H9FO3S. The van der Waals surface area contributed by atoms with Gasteiger partial charge < -0.3 is 0 Å². The molecule has 0 N–H and O–H groups in total. The van der Waals surface area contributed by atoms with Crippen LogP contribution in [0.15, 0.2) is 0 Å². The Morgan fingerprint density at radius 1 is 1.50 bits per heavy atom. The average molecular weight is 168 g/mol. The van der Waals surface area contributed by atoms with Crippen molar-refractivity contribution in [1.82, 2.24) is 0 Å². The van der Waals surface area contributed by atoms with Gasteiger partial charge in [-0.15, -0.1) is 0 Å². The standard InChI is InChI=1S/C5H9FO3S/c6-5-2-1-3-9-10(7,8)4-5/h5H,1-4H2. The van der Waals surface area contributed by atoms with Gasteiger partial charge in [0.2, 0.25) is 0 Å². The van der Waals surface area contributed by atoms with Gasteiger partial charge in [-0.2, -0.15) is 8.42 Å². The highest BCUT2D eigenvalue weighted by atomic mass is 32.2. The Morgan fingerprint density at radius 2 is 2.20 bits per heavy atom. The topological polar surface area (TPSA) is 43.4 Å². The molecule has 0 aromatic rings. The number of halogens is 1. The quantitative estimate of drug-likeness (QED) is 0.494. The molecule has 1 unspecified atom stereocenters. The lowest BCUT2D eigenvalue weighted by Gasteiger charge is -1.99. The van der Waals surface area contributed by atoms with E-state index in [9.17, 15) is 12.8 Å². The average Bonchev–Trinajstić information content (AvgIpc) is 1.90. The molecule has 1 aliphatic heterocycles. The maximum absolute atomic E-state index is 12.5. The zero-order valence-corrected chi connectivity index (χ0v) is 6.23. The van der Waals surface area contributed by atoms with Gasteiger partial charge in [-0.05, 0) is 12.8 Å². The molecule has 3 nitrogen and oxygen atoms in total. The second-order valence-electron chi connectivity index (χ2n) is 2.29. The number of rotatable bonds is 0. The molecule has 1 heterocycles. The summed E-state index contributed by atoms with van der Waals surface area (Å²) in [4.78, 5) is 0. The molecule has 1 saturated heterocycles. The van der Waals surface area contributed by atoms with Crippen LogP contribution >= 0.6 is 0 Å². The Morgan fingerprint density at radius 3 is 2.90 bits per heavy atom. The predicted molar refractivity (Wildman–Crippen MR) is 33.9 cm³/mol. The van der Waals surface area contributed by atoms with Gasteiger partial charge in [-0.1, -0.05) is 0 Å². The van der Waals surface area contributed by atoms with Crippen LogP contribution in [0, 0.1) is 0 Å². The lowest BCUT2D eigenvalue weighted by atomic mass is 10.2. The molecule has 0 saturated carbocycles. The molecule has 60 valence electrons. The third-order valence-corrected chi connectivity index (χ3v) is 2.61. The van der Waals surface area contributed by atoms with Crippen molar-refractivity contribution in [3.63, 3.8) is 0 Å². The minimum atomic E-state index is -3.54. The van der Waals surface area contributed by atoms with Crippen LogP contribution in [0.4, 0.5) is 4.39 Å². The van der Waals surface area contributed by atoms with Crippen molar-refractivity contribution < 1.29 is 17.0 Å². The first-order chi connectivity index (χ1) is 4.60. The molecule has 1 rings (SSSR count). The molecule has 0 aromatic heterocycles. The van der Waals surface area contributed by atoms with Crippen LogP contribution in [-0.2, 0) is 14.3 Å². The largest absolute Gasteiger partial charge is 0.270 e. The fourth-order valence-electron chi connectivity index (χ4n) is 0.844. The Labute approximate surface area is 59.3 Å². The zero-order valence-electron chi connectivity index (χ0n) is 5.42. The lowest BCUT2D eigenvalue weighted by molar-refractivity contribution is 0.308. The van der Waals surface area contributed by atoms with E-state index in [0.717, 1.165) is 0 Å². The van der Waals surface area contributed by atoms with Crippen molar-refractivity contribution in [2.45, 2.75) is 19.0 Å². The predicted octanol–water partition coefficient (Wildman–Crippen LogP) is 0.465. The Kier molecular flexibility index (Phi) is 2.25. The van der Waals surface area contributed by atoms with Gasteiger partial charge in [-0.25, -0.2) is 4.39 Å². The van der Waals surface area contributed by atoms with E-state index >= 15 is 0 Å². The lowest BCUT2D eigenvalue weighted by Crippen LogP contribution is -2.15. The molecule has 5 heteroatoms. The molecule has 0 aromatic carbocycles. The minimum absolute atomic E-state index is 0.128. The van der Waals surface area contributed by atoms with E-state index in [2.05, 4.69) is 4.18 Å². The number of alkyl halides is 1. The van der Waals surface area contributed by atoms with Crippen molar-refractivity contribution in [2.24, 2.45) is 0 Å². The van der Waals surface area contributed by atoms with Gasteiger partial charge in [0.1, 0.15) is 11.9 Å². The fourth-order valence-corrected chi connectivity index (χ4v) is 1.92. The van der Waals surface area contributed by atoms with Crippen molar-refractivity contribution in [3.8, 4) is 0 Å². The minimum Gasteiger partial charge on any atom is -0.270 e. The fraction of sp³-hybridized carbons (Fsp3) is 1.00. The molecule has 0 spiro atoms. The molecule has 1 aliphatic rings. The monoisotopic (exact) mass is 168 g/mol. The first kappa shape index (κ1) is 7.94. The van der Waals surface area contributed by atoms with Gasteiger partial charge in [0.15, 0.2) is 0 Å². The van der Waals surface area contributed by atoms with Crippen LogP contribution in [0.3, 0.4) is 0 Å². The van der Waals surface area contributed by atoms with Gasteiger partial charge in [0, 0.05) is 0 Å². The molecule has 10 heavy (non-hydrogen) atoms. The Bertz CT molecular complexity index is 199. The molecule has 1 atom stereocenters. The summed E-state index contributed by atoms with van der Waals surface area (Å²) in [6, 6.07) is 0. The maximum atomic E-state index is 12.5. The normalized spacial score (nSPS) is 33.1. The summed E-state index contributed by atoms with van der Waals surface area (Å²) >= 11 is 0. The Hall–Kier alpha value is -0.160. The van der Waals surface area contributed by atoms with Crippen LogP contribution in [0.1, 0.15) is 12.8 Å². The summed E-state index contributed by atoms with van der Waals surface area (Å²) in [6.07, 6.45) is -0.466. The van der Waals surface area contributed by atoms with Gasteiger partial charge in [-0.3, -0.25) is 4.18 Å². The van der Waals surface area contributed by atoms with Crippen LogP contribution < -0.4 is 0 Å². The van der Waals surface area contributed by atoms with Gasteiger partial charge in [0.05, 0.1) is 6.61 Å². The van der Waals surface area contributed by atoms with E-state index in [4.69, 9.17) is 0 Å². The summed E-state index contributed by atoms with van der Waals surface area (Å²) in [5.74, 6) is -0.479. The van der Waals surface area contributed by atoms with Crippen LogP contribution in [0.25, 0.3) is 0 Å².